The van der Waals surface area contributed by atoms with Crippen LogP contribution in [0, 0.1) is 40.9 Å². The third-order valence-electron chi connectivity index (χ3n) is 16.9. The number of nitrogens with one attached hydrogen (secondary N) is 1. The van der Waals surface area contributed by atoms with Gasteiger partial charge in [-0.2, -0.15) is 0 Å². The Morgan fingerprint density at radius 2 is 1.40 bits per heavy atom. The maximum atomic E-state index is 8.34. The number of rotatable bonds is 6. The molecule has 5 aliphatic heterocycles. The van der Waals surface area contributed by atoms with Crippen molar-refractivity contribution in [1.82, 2.24) is 12.7 Å². The van der Waals surface area contributed by atoms with Gasteiger partial charge in [0.25, 0.3) is 0 Å². The van der Waals surface area contributed by atoms with Gasteiger partial charge in [-0.3, -0.25) is 0 Å². The Labute approximate surface area is 365 Å². The summed E-state index contributed by atoms with van der Waals surface area (Å²) in [5, 5.41) is 6.14. The molecule has 6 heterocycles. The first-order chi connectivity index (χ1) is 30.6. The van der Waals surface area contributed by atoms with Crippen LogP contribution in [0.15, 0.2) is 121 Å². The van der Waals surface area contributed by atoms with Gasteiger partial charge in [-0.25, -0.2) is 0 Å². The summed E-state index contributed by atoms with van der Waals surface area (Å²) < 4.78 is 21.5. The number of hydrogen-bond donors (Lipinski definition) is 1. The molecule has 10 nitrogen and oxygen atoms in total. The van der Waals surface area contributed by atoms with E-state index >= 15 is 0 Å². The van der Waals surface area contributed by atoms with E-state index in [2.05, 4.69) is 97.6 Å². The first kappa shape index (κ1) is 35.5. The average Bonchev–Trinajstić information content (AvgIpc) is 4.15. The minimum absolute atomic E-state index is 0.126. The van der Waals surface area contributed by atoms with Crippen LogP contribution in [0.2, 0.25) is 0 Å². The number of aliphatic imine (C=N–C) groups is 5. The second-order valence-corrected chi connectivity index (χ2v) is 26.1. The van der Waals surface area contributed by atoms with Crippen LogP contribution in [-0.4, -0.2) is 64.2 Å². The molecule has 6 fully saturated rings. The molecule has 11 heteroatoms. The van der Waals surface area contributed by atoms with E-state index in [9.17, 15) is 0 Å². The number of benzene rings is 3. The van der Waals surface area contributed by atoms with Crippen LogP contribution in [0.4, 0.5) is 11.6 Å². The third-order valence-corrected chi connectivity index (χ3v) is 23.5. The number of allylic oxidation sites excluding steroid dienone is 1. The fraction of sp³-hybridized carbons (Fsp3) is 0.431. The zero-order valence-corrected chi connectivity index (χ0v) is 37.1. The number of aromatic nitrogens is 1. The molecular formula is C51H50GeN8O2. The van der Waals surface area contributed by atoms with Gasteiger partial charge in [0.05, 0.1) is 0 Å². The van der Waals surface area contributed by atoms with Crippen molar-refractivity contribution in [3.63, 3.8) is 0 Å². The molecule has 6 saturated carbocycles. The molecule has 3 aromatic carbocycles. The molecule has 1 aromatic heterocycles. The summed E-state index contributed by atoms with van der Waals surface area (Å²) in [7, 11) is 0. The summed E-state index contributed by atoms with van der Waals surface area (Å²) in [6.45, 7) is 1.31. The van der Waals surface area contributed by atoms with Gasteiger partial charge < -0.3 is 0 Å². The molecule has 7 aliphatic carbocycles. The van der Waals surface area contributed by atoms with Crippen molar-refractivity contribution < 1.29 is 7.53 Å². The van der Waals surface area contributed by atoms with E-state index in [4.69, 9.17) is 32.5 Å². The van der Waals surface area contributed by atoms with Crippen molar-refractivity contribution in [3.8, 4) is 0 Å². The molecule has 310 valence electrons. The normalized spacial score (nSPS) is 34.7. The molecule has 5 atom stereocenters. The summed E-state index contributed by atoms with van der Waals surface area (Å²) in [6.07, 6.45) is 19.0. The summed E-state index contributed by atoms with van der Waals surface area (Å²) >= 11 is -4.92. The van der Waals surface area contributed by atoms with Crippen LogP contribution in [0.5, 0.6) is 0 Å². The number of fused-ring (bicyclic) bond motifs is 15. The van der Waals surface area contributed by atoms with Gasteiger partial charge in [-0.15, -0.1) is 0 Å². The van der Waals surface area contributed by atoms with Gasteiger partial charge in [0.15, 0.2) is 0 Å². The van der Waals surface area contributed by atoms with E-state index in [-0.39, 0.29) is 5.41 Å². The van der Waals surface area contributed by atoms with Gasteiger partial charge in [0.1, 0.15) is 0 Å². The van der Waals surface area contributed by atoms with E-state index in [0.717, 1.165) is 116 Å². The molecule has 0 spiro atoms. The molecular weight excluding hydrogens is 829 g/mol. The van der Waals surface area contributed by atoms with E-state index in [0.29, 0.717) is 30.9 Å². The Hall–Kier alpha value is -4.91. The molecule has 62 heavy (non-hydrogen) atoms. The molecule has 4 aromatic rings. The second-order valence-electron chi connectivity index (χ2n) is 20.6. The SMILES string of the molecule is C1=CC2=C(CC1)C1=Nc3c4ccccc4c4[n]3[Ge@@]([O]CC3CC5CCC3C5)([O]CC35CC6CC(CC(C6)C3)C5)[N]3C(=NC2=N1)c1ccccc1C3NC1=NC(=N4)c2ccccc21. The third kappa shape index (κ3) is 4.97. The van der Waals surface area contributed by atoms with Crippen LogP contribution < -0.4 is 5.32 Å². The Bertz CT molecular complexity index is 2860. The topological polar surface area (TPSA) is 100 Å². The van der Waals surface area contributed by atoms with E-state index in [1.165, 1.54) is 64.2 Å². The fourth-order valence-corrected chi connectivity index (χ4v) is 22.3. The Morgan fingerprint density at radius 3 is 2.16 bits per heavy atom. The quantitative estimate of drug-likeness (QED) is 0.195. The zero-order chi connectivity index (χ0) is 40.3. The first-order valence-electron chi connectivity index (χ1n) is 23.6. The van der Waals surface area contributed by atoms with Crippen molar-refractivity contribution in [3.05, 3.63) is 118 Å². The van der Waals surface area contributed by atoms with Gasteiger partial charge in [-0.05, 0) is 0 Å². The van der Waals surface area contributed by atoms with Crippen LogP contribution >= 0.6 is 0 Å². The summed E-state index contributed by atoms with van der Waals surface area (Å²) in [5.74, 6) is 9.82. The summed E-state index contributed by atoms with van der Waals surface area (Å²) in [6, 6.07) is 26.1. The summed E-state index contributed by atoms with van der Waals surface area (Å²) in [4.78, 5) is 28.0. The Morgan fingerprint density at radius 1 is 0.677 bits per heavy atom. The molecule has 4 unspecified atom stereocenters. The second kappa shape index (κ2) is 12.9. The molecule has 0 saturated heterocycles. The van der Waals surface area contributed by atoms with E-state index < -0.39 is 20.6 Å². The van der Waals surface area contributed by atoms with Crippen molar-refractivity contribution in [1.29, 1.82) is 0 Å². The molecule has 0 radical (unpaired) electrons. The molecule has 0 amide bonds. The summed E-state index contributed by atoms with van der Waals surface area (Å²) in [5.41, 5.74) is 6.63. The molecule has 12 aliphatic rings. The Kier molecular flexibility index (Phi) is 7.37. The Balaban J connectivity index is 1.06. The number of amidine groups is 5. The van der Waals surface area contributed by atoms with E-state index in [1.54, 1.807) is 0 Å². The monoisotopic (exact) mass is 880 g/mol. The predicted molar refractivity (Wildman–Crippen MR) is 244 cm³/mol. The van der Waals surface area contributed by atoms with Gasteiger partial charge in [0, 0.05) is 0 Å². The molecule has 1 N–H and O–H groups in total. The maximum absolute atomic E-state index is 8.34. The van der Waals surface area contributed by atoms with Crippen molar-refractivity contribution in [2.24, 2.45) is 65.9 Å². The van der Waals surface area contributed by atoms with Gasteiger partial charge in [-0.1, -0.05) is 0 Å². The van der Waals surface area contributed by atoms with E-state index in [1.807, 2.05) is 0 Å². The fourth-order valence-electron chi connectivity index (χ4n) is 14.8. The van der Waals surface area contributed by atoms with Crippen LogP contribution in [0.3, 0.4) is 0 Å². The van der Waals surface area contributed by atoms with Crippen molar-refractivity contribution >= 4 is 66.0 Å². The number of hydrogen-bond acceptors (Lipinski definition) is 9. The van der Waals surface area contributed by atoms with Crippen LogP contribution in [-0.2, 0) is 7.53 Å². The van der Waals surface area contributed by atoms with Crippen molar-refractivity contribution in [2.75, 3.05) is 13.2 Å². The predicted octanol–water partition coefficient (Wildman–Crippen LogP) is 9.92. The molecule has 16 rings (SSSR count). The average molecular weight is 880 g/mol. The van der Waals surface area contributed by atoms with Gasteiger partial charge in [0.2, 0.25) is 0 Å². The zero-order valence-electron chi connectivity index (χ0n) is 35.0. The first-order valence-corrected chi connectivity index (χ1v) is 27.2. The van der Waals surface area contributed by atoms with Gasteiger partial charge >= 0.3 is 367 Å². The standard InChI is InChI=1S/C51H50GeN8O2/c1-2-10-36-35(9-1)43-53-44(36)56-48-41-15-7-8-16-42(41)50-58-46-38-12-4-3-11-37(38)45(54-46)57-49-40-14-6-5-13-39(40)47(55-43)59(49)52(60(48)50,61-27-34-23-29-17-18-33(34)22-29)62-28-51-24-30-19-31(25-51)21-32(20-30)26-51/h1-3,5-11,13-16,29-34,47H,4,12,17-28H2,(H,53,55,56)/t29?,30?,31?,32?,33?,34?,47?,51?,52-/m0/s1. The molecule has 12 bridgehead atoms. The number of nitrogens with zero attached hydrogens (tertiary/aromatic N) is 7. The van der Waals surface area contributed by atoms with Crippen LogP contribution in [0.1, 0.15) is 105 Å². The minimum atomic E-state index is -4.92. The van der Waals surface area contributed by atoms with Crippen LogP contribution in [0.25, 0.3) is 10.8 Å². The van der Waals surface area contributed by atoms with Crippen molar-refractivity contribution in [2.45, 2.75) is 83.2 Å².